The first-order chi connectivity index (χ1) is 32.5. The Hall–Kier alpha value is -2.11. The zero-order valence-electron chi connectivity index (χ0n) is 44.5. The molecule has 0 saturated heterocycles. The molecule has 66 heavy (non-hydrogen) atoms. The molecule has 0 spiro atoms. The van der Waals surface area contributed by atoms with Gasteiger partial charge >= 0.3 is 17.9 Å². The van der Waals surface area contributed by atoms with Crippen LogP contribution in [0.5, 0.6) is 0 Å². The Balaban J connectivity index is 4.08. The molecule has 6 nitrogen and oxygen atoms in total. The van der Waals surface area contributed by atoms with Crippen LogP contribution in [0.2, 0.25) is 0 Å². The number of esters is 3. The summed E-state index contributed by atoms with van der Waals surface area (Å²) in [6.45, 7) is 6.65. The Morgan fingerprint density at radius 2 is 0.545 bits per heavy atom. The van der Waals surface area contributed by atoms with Gasteiger partial charge in [-0.05, 0) is 51.4 Å². The van der Waals surface area contributed by atoms with Gasteiger partial charge < -0.3 is 14.2 Å². The van der Waals surface area contributed by atoms with Crippen molar-refractivity contribution in [3.63, 3.8) is 0 Å². The molecular formula is C60H112O6. The molecule has 1 atom stereocenters. The number of ether oxygens (including phenoxy) is 3. The number of carbonyl (C=O) groups excluding carboxylic acids is 3. The Bertz CT molecular complexity index is 1070. The van der Waals surface area contributed by atoms with E-state index in [1.165, 1.54) is 218 Å². The van der Waals surface area contributed by atoms with Crippen LogP contribution in [0.1, 0.15) is 323 Å². The summed E-state index contributed by atoms with van der Waals surface area (Å²) in [7, 11) is 0. The van der Waals surface area contributed by atoms with Crippen LogP contribution in [0.3, 0.4) is 0 Å². The third-order valence-electron chi connectivity index (χ3n) is 13.2. The van der Waals surface area contributed by atoms with Crippen LogP contribution in [-0.4, -0.2) is 37.2 Å². The van der Waals surface area contributed by atoms with Gasteiger partial charge in [0.1, 0.15) is 13.2 Å². The van der Waals surface area contributed by atoms with Gasteiger partial charge in [0.15, 0.2) is 6.10 Å². The van der Waals surface area contributed by atoms with E-state index in [4.69, 9.17) is 14.2 Å². The van der Waals surface area contributed by atoms with Crippen molar-refractivity contribution >= 4 is 17.9 Å². The fraction of sp³-hybridized carbons (Fsp3) is 0.883. The number of allylic oxidation sites excluding steroid dienone is 4. The molecule has 0 heterocycles. The number of carbonyl (C=O) groups is 3. The lowest BCUT2D eigenvalue weighted by atomic mass is 10.0. The Kier molecular flexibility index (Phi) is 53.7. The predicted molar refractivity (Wildman–Crippen MR) is 284 cm³/mol. The number of hydrogen-bond donors (Lipinski definition) is 0. The fourth-order valence-electron chi connectivity index (χ4n) is 8.77. The second-order valence-corrected chi connectivity index (χ2v) is 19.9. The fourth-order valence-corrected chi connectivity index (χ4v) is 8.77. The normalized spacial score (nSPS) is 12.1. The molecule has 0 aliphatic rings. The lowest BCUT2D eigenvalue weighted by Gasteiger charge is -2.18. The Labute approximate surface area is 411 Å². The topological polar surface area (TPSA) is 78.9 Å². The average molecular weight is 930 g/mol. The first-order valence-corrected chi connectivity index (χ1v) is 29.3. The molecule has 0 aromatic rings. The van der Waals surface area contributed by atoms with Crippen LogP contribution in [0.4, 0.5) is 0 Å². The summed E-state index contributed by atoms with van der Waals surface area (Å²) in [6.07, 6.45) is 64.8. The molecule has 0 N–H and O–H groups in total. The van der Waals surface area contributed by atoms with E-state index in [1.54, 1.807) is 0 Å². The minimum absolute atomic E-state index is 0.0655. The van der Waals surface area contributed by atoms with Crippen LogP contribution in [0.15, 0.2) is 24.3 Å². The first-order valence-electron chi connectivity index (χ1n) is 29.3. The van der Waals surface area contributed by atoms with E-state index >= 15 is 0 Å². The quantitative estimate of drug-likeness (QED) is 0.0262. The third kappa shape index (κ3) is 52.9. The number of unbranched alkanes of at least 4 members (excludes halogenated alkanes) is 39. The van der Waals surface area contributed by atoms with E-state index in [1.807, 2.05) is 0 Å². The SMILES string of the molecule is CCCCCCC/C=C\C/C=C\CCCCCCCCCCCCCCCCCC(=O)OCC(COC(=O)CCCCCCCCCCC)OC(=O)CCCCCCCCCCCCCC. The van der Waals surface area contributed by atoms with E-state index in [2.05, 4.69) is 45.1 Å². The van der Waals surface area contributed by atoms with Crippen molar-refractivity contribution < 1.29 is 28.6 Å². The van der Waals surface area contributed by atoms with E-state index in [-0.39, 0.29) is 31.1 Å². The van der Waals surface area contributed by atoms with E-state index in [9.17, 15) is 14.4 Å². The van der Waals surface area contributed by atoms with Gasteiger partial charge in [-0.1, -0.05) is 276 Å². The predicted octanol–water partition coefficient (Wildman–Crippen LogP) is 19.5. The van der Waals surface area contributed by atoms with Gasteiger partial charge in [-0.3, -0.25) is 14.4 Å². The van der Waals surface area contributed by atoms with Gasteiger partial charge in [0.2, 0.25) is 0 Å². The summed E-state index contributed by atoms with van der Waals surface area (Å²) in [5.74, 6) is -0.850. The summed E-state index contributed by atoms with van der Waals surface area (Å²) in [5.41, 5.74) is 0. The van der Waals surface area contributed by atoms with Crippen molar-refractivity contribution in [1.82, 2.24) is 0 Å². The second kappa shape index (κ2) is 55.5. The molecule has 0 radical (unpaired) electrons. The molecule has 0 fully saturated rings. The van der Waals surface area contributed by atoms with E-state index < -0.39 is 6.10 Å². The van der Waals surface area contributed by atoms with Gasteiger partial charge in [-0.2, -0.15) is 0 Å². The van der Waals surface area contributed by atoms with E-state index in [0.29, 0.717) is 19.3 Å². The zero-order valence-corrected chi connectivity index (χ0v) is 44.5. The van der Waals surface area contributed by atoms with Crippen LogP contribution in [-0.2, 0) is 28.6 Å². The highest BCUT2D eigenvalue weighted by molar-refractivity contribution is 5.71. The lowest BCUT2D eigenvalue weighted by Crippen LogP contribution is -2.30. The summed E-state index contributed by atoms with van der Waals surface area (Å²) in [6, 6.07) is 0. The molecule has 0 aliphatic carbocycles. The summed E-state index contributed by atoms with van der Waals surface area (Å²) in [5, 5.41) is 0. The maximum atomic E-state index is 12.8. The van der Waals surface area contributed by atoms with Crippen molar-refractivity contribution in [1.29, 1.82) is 0 Å². The molecule has 0 saturated carbocycles. The molecule has 0 aliphatic heterocycles. The van der Waals surface area contributed by atoms with Gasteiger partial charge in [0, 0.05) is 19.3 Å². The first kappa shape index (κ1) is 63.9. The van der Waals surface area contributed by atoms with Crippen molar-refractivity contribution in [2.24, 2.45) is 0 Å². The van der Waals surface area contributed by atoms with Crippen molar-refractivity contribution in [3.05, 3.63) is 24.3 Å². The van der Waals surface area contributed by atoms with Crippen molar-refractivity contribution in [2.45, 2.75) is 329 Å². The van der Waals surface area contributed by atoms with Gasteiger partial charge in [0.25, 0.3) is 0 Å². The minimum Gasteiger partial charge on any atom is -0.462 e. The zero-order chi connectivity index (χ0) is 47.9. The standard InChI is InChI=1S/C60H112O6/c1-4-7-10-13-16-19-21-23-24-25-26-27-28-29-30-31-32-33-34-35-36-37-39-41-44-47-50-53-59(62)65-56-57(55-64-58(61)52-49-46-43-40-18-15-12-9-6-3)66-60(63)54-51-48-45-42-38-22-20-17-14-11-8-5-2/h21,23,25-26,57H,4-20,22,24,27-56H2,1-3H3/b23-21-,26-25-. The van der Waals surface area contributed by atoms with Gasteiger partial charge in [0.05, 0.1) is 0 Å². The van der Waals surface area contributed by atoms with Crippen molar-refractivity contribution in [2.75, 3.05) is 13.2 Å². The third-order valence-corrected chi connectivity index (χ3v) is 13.2. The van der Waals surface area contributed by atoms with Crippen LogP contribution in [0.25, 0.3) is 0 Å². The summed E-state index contributed by atoms with van der Waals surface area (Å²) >= 11 is 0. The highest BCUT2D eigenvalue weighted by atomic mass is 16.6. The lowest BCUT2D eigenvalue weighted by molar-refractivity contribution is -0.167. The molecule has 0 bridgehead atoms. The minimum atomic E-state index is -0.763. The molecule has 0 aromatic carbocycles. The van der Waals surface area contributed by atoms with Crippen LogP contribution >= 0.6 is 0 Å². The van der Waals surface area contributed by atoms with Gasteiger partial charge in [-0.25, -0.2) is 0 Å². The number of rotatable bonds is 54. The molecule has 388 valence electrons. The van der Waals surface area contributed by atoms with Crippen LogP contribution in [0, 0.1) is 0 Å². The average Bonchev–Trinajstić information content (AvgIpc) is 3.31. The van der Waals surface area contributed by atoms with Gasteiger partial charge in [-0.15, -0.1) is 0 Å². The Morgan fingerprint density at radius 1 is 0.303 bits per heavy atom. The van der Waals surface area contributed by atoms with Crippen molar-refractivity contribution in [3.8, 4) is 0 Å². The number of hydrogen-bond acceptors (Lipinski definition) is 6. The maximum absolute atomic E-state index is 12.8. The highest BCUT2D eigenvalue weighted by Gasteiger charge is 2.19. The molecule has 0 aromatic heterocycles. The second-order valence-electron chi connectivity index (χ2n) is 19.9. The summed E-state index contributed by atoms with van der Waals surface area (Å²) in [4.78, 5) is 38.0. The monoisotopic (exact) mass is 929 g/mol. The summed E-state index contributed by atoms with van der Waals surface area (Å²) < 4.78 is 16.8. The smallest absolute Gasteiger partial charge is 0.306 e. The molecule has 6 heteroatoms. The van der Waals surface area contributed by atoms with E-state index in [0.717, 1.165) is 64.2 Å². The maximum Gasteiger partial charge on any atom is 0.306 e. The largest absolute Gasteiger partial charge is 0.462 e. The molecule has 0 rings (SSSR count). The molecule has 1 unspecified atom stereocenters. The molecule has 0 amide bonds. The highest BCUT2D eigenvalue weighted by Crippen LogP contribution is 2.17. The Morgan fingerprint density at radius 3 is 0.833 bits per heavy atom. The van der Waals surface area contributed by atoms with Crippen LogP contribution < -0.4 is 0 Å². The molecular weight excluding hydrogens is 817 g/mol.